The lowest BCUT2D eigenvalue weighted by atomic mass is 10.1. The Hall–Kier alpha value is -4.07. The summed E-state index contributed by atoms with van der Waals surface area (Å²) >= 11 is 0. The molecule has 156 valence electrons. The minimum Gasteiger partial charge on any atom is -0.378 e. The Morgan fingerprint density at radius 2 is 1.61 bits per heavy atom. The first-order valence-electron chi connectivity index (χ1n) is 9.99. The molecule has 8 heteroatoms. The molecule has 3 N–H and O–H groups in total. The maximum absolute atomic E-state index is 12.4. The number of anilines is 2. The van der Waals surface area contributed by atoms with E-state index in [0.717, 1.165) is 27.7 Å². The first-order valence-corrected chi connectivity index (χ1v) is 9.99. The highest BCUT2D eigenvalue weighted by molar-refractivity contribution is 5.89. The van der Waals surface area contributed by atoms with Gasteiger partial charge in [-0.05, 0) is 55.3 Å². The number of fused-ring (bicyclic) bond motifs is 1. The Balaban J connectivity index is 1.45. The average molecular weight is 413 g/mol. The molecule has 2 amide bonds. The van der Waals surface area contributed by atoms with Crippen LogP contribution in [-0.4, -0.2) is 26.0 Å². The molecule has 0 saturated heterocycles. The predicted octanol–water partition coefficient (Wildman–Crippen LogP) is 4.48. The van der Waals surface area contributed by atoms with Crippen LogP contribution in [0.4, 0.5) is 16.4 Å². The van der Waals surface area contributed by atoms with Crippen LogP contribution in [0.1, 0.15) is 37.1 Å². The van der Waals surface area contributed by atoms with Crippen LogP contribution in [-0.2, 0) is 0 Å². The van der Waals surface area contributed by atoms with Gasteiger partial charge < -0.3 is 10.6 Å². The molecule has 3 heterocycles. The van der Waals surface area contributed by atoms with E-state index in [-0.39, 0.29) is 24.1 Å². The Kier molecular flexibility index (Phi) is 5.98. The van der Waals surface area contributed by atoms with Gasteiger partial charge in [0.2, 0.25) is 5.95 Å². The van der Waals surface area contributed by atoms with Gasteiger partial charge in [-0.3, -0.25) is 15.3 Å². The lowest BCUT2D eigenvalue weighted by molar-refractivity contribution is 0.249. The van der Waals surface area contributed by atoms with Gasteiger partial charge in [-0.15, -0.1) is 0 Å². The van der Waals surface area contributed by atoms with Gasteiger partial charge in [0.05, 0.1) is 17.6 Å². The third-order valence-electron chi connectivity index (χ3n) is 4.91. The molecule has 4 rings (SSSR count). The number of benzene rings is 1. The highest BCUT2D eigenvalue weighted by Gasteiger charge is 2.12. The van der Waals surface area contributed by atoms with Gasteiger partial charge in [-0.1, -0.05) is 12.1 Å². The van der Waals surface area contributed by atoms with Crippen molar-refractivity contribution in [1.82, 2.24) is 25.3 Å². The number of nitrogens with one attached hydrogen (secondary N) is 3. The fourth-order valence-electron chi connectivity index (χ4n) is 3.19. The van der Waals surface area contributed by atoms with E-state index >= 15 is 0 Å². The number of aromatic nitrogens is 4. The molecule has 0 fully saturated rings. The van der Waals surface area contributed by atoms with Gasteiger partial charge in [-0.25, -0.2) is 14.8 Å². The van der Waals surface area contributed by atoms with Gasteiger partial charge in [0, 0.05) is 42.1 Å². The van der Waals surface area contributed by atoms with Gasteiger partial charge in [-0.2, -0.15) is 0 Å². The van der Waals surface area contributed by atoms with Crippen LogP contribution in [0.3, 0.4) is 0 Å². The van der Waals surface area contributed by atoms with Crippen molar-refractivity contribution in [2.75, 3.05) is 10.6 Å². The maximum atomic E-state index is 12.4. The number of urea groups is 1. The normalized spacial score (nSPS) is 12.7. The topological polar surface area (TPSA) is 105 Å². The number of hydrogen-bond donors (Lipinski definition) is 3. The minimum atomic E-state index is -0.379. The van der Waals surface area contributed by atoms with E-state index in [2.05, 4.69) is 42.8 Å². The minimum absolute atomic E-state index is 0.0883. The summed E-state index contributed by atoms with van der Waals surface area (Å²) in [4.78, 5) is 29.3. The van der Waals surface area contributed by atoms with Gasteiger partial charge in [0.15, 0.2) is 0 Å². The lowest BCUT2D eigenvalue weighted by Gasteiger charge is -2.16. The molecule has 0 radical (unpaired) electrons. The molecule has 31 heavy (non-hydrogen) atoms. The summed E-state index contributed by atoms with van der Waals surface area (Å²) in [6.45, 7) is 3.96. The van der Waals surface area contributed by atoms with Crippen molar-refractivity contribution in [2.24, 2.45) is 0 Å². The first kappa shape index (κ1) is 20.2. The van der Waals surface area contributed by atoms with Crippen molar-refractivity contribution >= 4 is 28.6 Å². The summed E-state index contributed by atoms with van der Waals surface area (Å²) in [6.07, 6.45) is 8.70. The summed E-state index contributed by atoms with van der Waals surface area (Å²) in [7, 11) is 0. The molecular formula is C23H23N7O. The zero-order valence-electron chi connectivity index (χ0n) is 17.3. The second kappa shape index (κ2) is 9.17. The smallest absolute Gasteiger partial charge is 0.322 e. The number of nitrogens with zero attached hydrogens (tertiary/aromatic N) is 4. The fraction of sp³-hybridized carbons (Fsp3) is 0.174. The van der Waals surface area contributed by atoms with Crippen LogP contribution in [0.15, 0.2) is 73.4 Å². The molecule has 3 aromatic heterocycles. The quantitative estimate of drug-likeness (QED) is 0.431. The standard InChI is InChI=1S/C23H23N7O/c1-15(17-5-3-9-24-12-17)27-20-8-7-19-14-26-22(29-21(19)11-20)30-23(31)28-16(2)18-6-4-10-25-13-18/h3-16,27H,1-2H3,(H2,26,28,29,30,31). The van der Waals surface area contributed by atoms with Crippen molar-refractivity contribution in [3.63, 3.8) is 0 Å². The Labute approximate surface area is 180 Å². The van der Waals surface area contributed by atoms with Crippen LogP contribution in [0, 0.1) is 0 Å². The fourth-order valence-corrected chi connectivity index (χ4v) is 3.19. The molecule has 0 aliphatic carbocycles. The number of rotatable bonds is 6. The second-order valence-electron chi connectivity index (χ2n) is 7.23. The van der Waals surface area contributed by atoms with E-state index in [1.54, 1.807) is 24.8 Å². The maximum Gasteiger partial charge on any atom is 0.322 e. The highest BCUT2D eigenvalue weighted by atomic mass is 16.2. The molecule has 4 aromatic rings. The molecule has 0 saturated carbocycles. The molecule has 1 aromatic carbocycles. The number of hydrogen-bond acceptors (Lipinski definition) is 6. The van der Waals surface area contributed by atoms with Crippen LogP contribution in [0.25, 0.3) is 10.9 Å². The van der Waals surface area contributed by atoms with Crippen LogP contribution >= 0.6 is 0 Å². The van der Waals surface area contributed by atoms with Gasteiger partial charge >= 0.3 is 6.03 Å². The van der Waals surface area contributed by atoms with E-state index in [1.165, 1.54) is 0 Å². The van der Waals surface area contributed by atoms with E-state index in [4.69, 9.17) is 0 Å². The highest BCUT2D eigenvalue weighted by Crippen LogP contribution is 2.22. The predicted molar refractivity (Wildman–Crippen MR) is 121 cm³/mol. The largest absolute Gasteiger partial charge is 0.378 e. The SMILES string of the molecule is CC(NC(=O)Nc1ncc2ccc(NC(C)c3cccnc3)cc2n1)c1cccnc1. The van der Waals surface area contributed by atoms with Crippen molar-refractivity contribution in [3.8, 4) is 0 Å². The van der Waals surface area contributed by atoms with Crippen molar-refractivity contribution in [3.05, 3.63) is 84.6 Å². The van der Waals surface area contributed by atoms with Gasteiger partial charge in [0.1, 0.15) is 0 Å². The van der Waals surface area contributed by atoms with Gasteiger partial charge in [0.25, 0.3) is 0 Å². The Morgan fingerprint density at radius 3 is 2.29 bits per heavy atom. The molecular weight excluding hydrogens is 390 g/mol. The molecule has 0 spiro atoms. The molecule has 0 aliphatic heterocycles. The third-order valence-corrected chi connectivity index (χ3v) is 4.91. The number of carbonyl (C=O) groups excluding carboxylic acids is 1. The number of pyridine rings is 2. The van der Waals surface area contributed by atoms with Crippen molar-refractivity contribution < 1.29 is 4.79 Å². The van der Waals surface area contributed by atoms with Crippen LogP contribution in [0.2, 0.25) is 0 Å². The van der Waals surface area contributed by atoms with Crippen molar-refractivity contribution in [1.29, 1.82) is 0 Å². The zero-order valence-corrected chi connectivity index (χ0v) is 17.3. The molecule has 0 aliphatic rings. The molecule has 0 bridgehead atoms. The molecule has 8 nitrogen and oxygen atoms in total. The summed E-state index contributed by atoms with van der Waals surface area (Å²) < 4.78 is 0. The monoisotopic (exact) mass is 413 g/mol. The van der Waals surface area contributed by atoms with E-state index in [1.807, 2.05) is 55.6 Å². The van der Waals surface area contributed by atoms with E-state index in [9.17, 15) is 4.79 Å². The second-order valence-corrected chi connectivity index (χ2v) is 7.23. The first-order chi connectivity index (χ1) is 15.1. The van der Waals surface area contributed by atoms with Crippen molar-refractivity contribution in [2.45, 2.75) is 25.9 Å². The Bertz CT molecular complexity index is 1170. The average Bonchev–Trinajstić information content (AvgIpc) is 2.80. The summed E-state index contributed by atoms with van der Waals surface area (Å²) in [5, 5.41) is 9.89. The molecule has 2 atom stereocenters. The summed E-state index contributed by atoms with van der Waals surface area (Å²) in [5.41, 5.74) is 3.65. The Morgan fingerprint density at radius 1 is 0.903 bits per heavy atom. The van der Waals surface area contributed by atoms with Crippen LogP contribution in [0.5, 0.6) is 0 Å². The van der Waals surface area contributed by atoms with E-state index < -0.39 is 0 Å². The summed E-state index contributed by atoms with van der Waals surface area (Å²) in [5.74, 6) is 0.237. The van der Waals surface area contributed by atoms with E-state index in [0.29, 0.717) is 0 Å². The van der Waals surface area contributed by atoms with Crippen LogP contribution < -0.4 is 16.0 Å². The summed E-state index contributed by atoms with van der Waals surface area (Å²) in [6, 6.07) is 13.1. The third kappa shape index (κ3) is 5.11. The number of carbonyl (C=O) groups is 1. The lowest BCUT2D eigenvalue weighted by Crippen LogP contribution is -2.31. The number of amides is 2. The zero-order chi connectivity index (χ0) is 21.6. The molecule has 2 unspecified atom stereocenters.